The molecular weight excluding hydrogens is 214 g/mol. The van der Waals surface area contributed by atoms with Crippen molar-refractivity contribution in [3.05, 3.63) is 30.1 Å². The van der Waals surface area contributed by atoms with Crippen LogP contribution in [0.3, 0.4) is 0 Å². The second-order valence-corrected chi connectivity index (χ2v) is 3.50. The van der Waals surface area contributed by atoms with E-state index in [0.29, 0.717) is 6.42 Å². The topological polar surface area (TPSA) is 48.1 Å². The van der Waals surface area contributed by atoms with E-state index in [-0.39, 0.29) is 6.04 Å². The van der Waals surface area contributed by atoms with Gasteiger partial charge in [-0.2, -0.15) is 0 Å². The van der Waals surface area contributed by atoms with E-state index in [9.17, 15) is 8.78 Å². The Hall–Kier alpha value is -1.07. The number of pyridine rings is 1. The number of hydrogen-bond donors (Lipinski definition) is 1. The zero-order valence-corrected chi connectivity index (χ0v) is 9.14. The van der Waals surface area contributed by atoms with Gasteiger partial charge in [0.05, 0.1) is 6.10 Å². The lowest BCUT2D eigenvalue weighted by Crippen LogP contribution is -2.30. The summed E-state index contributed by atoms with van der Waals surface area (Å²) in [7, 11) is 0. The van der Waals surface area contributed by atoms with Crippen LogP contribution in [-0.2, 0) is 4.74 Å². The summed E-state index contributed by atoms with van der Waals surface area (Å²) in [6, 6.07) is 3.17. The van der Waals surface area contributed by atoms with Crippen LogP contribution >= 0.6 is 0 Å². The van der Waals surface area contributed by atoms with E-state index in [4.69, 9.17) is 10.5 Å². The molecule has 0 fully saturated rings. The van der Waals surface area contributed by atoms with Crippen LogP contribution in [0.25, 0.3) is 0 Å². The first-order chi connectivity index (χ1) is 7.65. The maximum atomic E-state index is 12.1. The number of aromatic nitrogens is 1. The predicted octanol–water partition coefficient (Wildman–Crippen LogP) is 2.14. The zero-order valence-electron chi connectivity index (χ0n) is 9.14. The monoisotopic (exact) mass is 230 g/mol. The summed E-state index contributed by atoms with van der Waals surface area (Å²) < 4.78 is 29.3. The quantitative estimate of drug-likeness (QED) is 0.814. The van der Waals surface area contributed by atoms with Crippen molar-refractivity contribution in [1.29, 1.82) is 0 Å². The maximum absolute atomic E-state index is 12.1. The zero-order chi connectivity index (χ0) is 12.0. The van der Waals surface area contributed by atoms with Gasteiger partial charge in [0.15, 0.2) is 0 Å². The van der Waals surface area contributed by atoms with Crippen LogP contribution in [0.15, 0.2) is 24.5 Å². The molecule has 2 atom stereocenters. The Kier molecular flexibility index (Phi) is 5.28. The average molecular weight is 230 g/mol. The van der Waals surface area contributed by atoms with Gasteiger partial charge in [-0.05, 0) is 24.1 Å². The molecule has 1 rings (SSSR count). The molecule has 0 saturated heterocycles. The van der Waals surface area contributed by atoms with E-state index in [1.807, 2.05) is 6.92 Å². The van der Waals surface area contributed by atoms with E-state index >= 15 is 0 Å². The summed E-state index contributed by atoms with van der Waals surface area (Å²) in [5, 5.41) is 0. The van der Waals surface area contributed by atoms with Crippen LogP contribution in [0.1, 0.15) is 25.0 Å². The molecule has 3 nitrogen and oxygen atoms in total. The molecular formula is C11H16F2N2O. The molecule has 0 saturated carbocycles. The van der Waals surface area contributed by atoms with Gasteiger partial charge in [0.25, 0.3) is 6.43 Å². The SMILES string of the molecule is CCC(N)C(OCC(F)F)c1ccncc1. The molecule has 2 unspecified atom stereocenters. The lowest BCUT2D eigenvalue weighted by molar-refractivity contribution is -0.0351. The molecule has 1 aromatic heterocycles. The third kappa shape index (κ3) is 3.83. The van der Waals surface area contributed by atoms with Crippen LogP contribution in [0.4, 0.5) is 8.78 Å². The van der Waals surface area contributed by atoms with E-state index in [2.05, 4.69) is 4.98 Å². The Bertz CT molecular complexity index is 295. The van der Waals surface area contributed by atoms with Crippen molar-refractivity contribution in [3.8, 4) is 0 Å². The number of alkyl halides is 2. The lowest BCUT2D eigenvalue weighted by Gasteiger charge is -2.23. The fraction of sp³-hybridized carbons (Fsp3) is 0.545. The fourth-order valence-electron chi connectivity index (χ4n) is 1.41. The first kappa shape index (κ1) is 13.0. The molecule has 0 amide bonds. The first-order valence-corrected chi connectivity index (χ1v) is 5.20. The van der Waals surface area contributed by atoms with Crippen molar-refractivity contribution < 1.29 is 13.5 Å². The smallest absolute Gasteiger partial charge is 0.261 e. The number of nitrogens with zero attached hydrogens (tertiary/aromatic N) is 1. The molecule has 0 radical (unpaired) electrons. The van der Waals surface area contributed by atoms with Gasteiger partial charge in [0.1, 0.15) is 6.61 Å². The Morgan fingerprint density at radius 1 is 1.38 bits per heavy atom. The summed E-state index contributed by atoms with van der Waals surface area (Å²) in [4.78, 5) is 3.86. The second kappa shape index (κ2) is 6.50. The highest BCUT2D eigenvalue weighted by Gasteiger charge is 2.20. The van der Waals surface area contributed by atoms with Crippen LogP contribution in [0.2, 0.25) is 0 Å². The van der Waals surface area contributed by atoms with Crippen LogP contribution in [0.5, 0.6) is 0 Å². The van der Waals surface area contributed by atoms with Gasteiger partial charge >= 0.3 is 0 Å². The van der Waals surface area contributed by atoms with Gasteiger partial charge in [-0.25, -0.2) is 8.78 Å². The largest absolute Gasteiger partial charge is 0.366 e. The summed E-state index contributed by atoms with van der Waals surface area (Å²) in [6.07, 6.45) is 0.874. The molecule has 0 aliphatic heterocycles. The number of ether oxygens (including phenoxy) is 1. The number of hydrogen-bond acceptors (Lipinski definition) is 3. The Balaban J connectivity index is 2.71. The van der Waals surface area contributed by atoms with Crippen molar-refractivity contribution >= 4 is 0 Å². The van der Waals surface area contributed by atoms with Gasteiger partial charge in [-0.15, -0.1) is 0 Å². The normalized spacial score (nSPS) is 15.1. The van der Waals surface area contributed by atoms with Crippen molar-refractivity contribution in [2.24, 2.45) is 5.73 Å². The minimum Gasteiger partial charge on any atom is -0.366 e. The first-order valence-electron chi connectivity index (χ1n) is 5.20. The highest BCUT2D eigenvalue weighted by atomic mass is 19.3. The van der Waals surface area contributed by atoms with E-state index in [1.165, 1.54) is 0 Å². The molecule has 1 aromatic rings. The molecule has 0 spiro atoms. The molecule has 2 N–H and O–H groups in total. The molecule has 0 aliphatic rings. The maximum Gasteiger partial charge on any atom is 0.261 e. The highest BCUT2D eigenvalue weighted by molar-refractivity contribution is 5.15. The van der Waals surface area contributed by atoms with Crippen LogP contribution in [-0.4, -0.2) is 24.1 Å². The van der Waals surface area contributed by atoms with Gasteiger partial charge < -0.3 is 10.5 Å². The van der Waals surface area contributed by atoms with E-state index < -0.39 is 19.1 Å². The van der Waals surface area contributed by atoms with Gasteiger partial charge in [-0.3, -0.25) is 4.98 Å². The molecule has 5 heteroatoms. The average Bonchev–Trinajstić information content (AvgIpc) is 2.30. The van der Waals surface area contributed by atoms with E-state index in [1.54, 1.807) is 24.5 Å². The Morgan fingerprint density at radius 3 is 2.50 bits per heavy atom. The predicted molar refractivity (Wildman–Crippen MR) is 57.2 cm³/mol. The Morgan fingerprint density at radius 2 is 2.00 bits per heavy atom. The summed E-state index contributed by atoms with van der Waals surface area (Å²) in [5.41, 5.74) is 6.63. The van der Waals surface area contributed by atoms with Crippen LogP contribution < -0.4 is 5.73 Å². The van der Waals surface area contributed by atoms with Crippen molar-refractivity contribution in [3.63, 3.8) is 0 Å². The summed E-state index contributed by atoms with van der Waals surface area (Å²) in [6.45, 7) is 1.30. The molecule has 0 aromatic carbocycles. The summed E-state index contributed by atoms with van der Waals surface area (Å²) in [5.74, 6) is 0. The standard InChI is InChI=1S/C11H16F2N2O/c1-2-9(14)11(16-7-10(12)13)8-3-5-15-6-4-8/h3-6,9-11H,2,7,14H2,1H3. The highest BCUT2D eigenvalue weighted by Crippen LogP contribution is 2.21. The van der Waals surface area contributed by atoms with Crippen molar-refractivity contribution in [2.45, 2.75) is 31.9 Å². The van der Waals surface area contributed by atoms with Crippen molar-refractivity contribution in [2.75, 3.05) is 6.61 Å². The third-order valence-electron chi connectivity index (χ3n) is 2.30. The fourth-order valence-corrected chi connectivity index (χ4v) is 1.41. The van der Waals surface area contributed by atoms with Gasteiger partial charge in [0, 0.05) is 18.4 Å². The minimum atomic E-state index is -2.48. The molecule has 16 heavy (non-hydrogen) atoms. The van der Waals surface area contributed by atoms with Gasteiger partial charge in [-0.1, -0.05) is 6.92 Å². The summed E-state index contributed by atoms with van der Waals surface area (Å²) >= 11 is 0. The minimum absolute atomic E-state index is 0.291. The number of rotatable bonds is 6. The van der Waals surface area contributed by atoms with E-state index in [0.717, 1.165) is 5.56 Å². The third-order valence-corrected chi connectivity index (χ3v) is 2.30. The lowest BCUT2D eigenvalue weighted by atomic mass is 10.0. The van der Waals surface area contributed by atoms with Gasteiger partial charge in [0.2, 0.25) is 0 Å². The number of halogens is 2. The molecule has 0 bridgehead atoms. The second-order valence-electron chi connectivity index (χ2n) is 3.50. The Labute approximate surface area is 93.6 Å². The molecule has 90 valence electrons. The van der Waals surface area contributed by atoms with Crippen molar-refractivity contribution in [1.82, 2.24) is 4.98 Å². The number of nitrogens with two attached hydrogens (primary N) is 1. The van der Waals surface area contributed by atoms with Crippen LogP contribution in [0, 0.1) is 0 Å². The molecule has 0 aliphatic carbocycles. The molecule has 1 heterocycles.